The third-order valence-corrected chi connectivity index (χ3v) is 6.43. The number of piperidine rings is 1. The number of Topliss-reactive ketones (excluding diaryl/α,β-unsaturated/α-hetero) is 1. The van der Waals surface area contributed by atoms with Crippen LogP contribution in [0.2, 0.25) is 0 Å². The number of carbonyl (C=O) groups excluding carboxylic acids is 2. The molecular weight excluding hydrogens is 366 g/mol. The standard InChI is InChI=1S/C22H25N5O2/c1-14(2)27-19-15(13-23-27)11-22(12-18(19)28)7-9-26(10-8-22)21(29)20-24-16-5-3-4-6-17(16)25-20/h3-6,13-14H,7-12H2,1-2H3,(H,24,25). The number of amides is 1. The Kier molecular flexibility index (Phi) is 4.08. The van der Waals surface area contributed by atoms with Crippen molar-refractivity contribution >= 4 is 22.7 Å². The van der Waals surface area contributed by atoms with Crippen LogP contribution in [0.3, 0.4) is 0 Å². The Morgan fingerprint density at radius 3 is 2.66 bits per heavy atom. The van der Waals surface area contributed by atoms with Gasteiger partial charge in [0.1, 0.15) is 5.69 Å². The first-order valence-electron chi connectivity index (χ1n) is 10.3. The minimum absolute atomic E-state index is 0.0560. The molecule has 0 bridgehead atoms. The molecule has 0 unspecified atom stereocenters. The maximum atomic E-state index is 12.9. The van der Waals surface area contributed by atoms with Gasteiger partial charge in [-0.05, 0) is 50.7 Å². The summed E-state index contributed by atoms with van der Waals surface area (Å²) >= 11 is 0. The van der Waals surface area contributed by atoms with E-state index >= 15 is 0 Å². The van der Waals surface area contributed by atoms with E-state index in [9.17, 15) is 9.59 Å². The molecule has 5 rings (SSSR count). The molecule has 0 saturated carbocycles. The lowest BCUT2D eigenvalue weighted by Gasteiger charge is -2.43. The zero-order chi connectivity index (χ0) is 20.2. The summed E-state index contributed by atoms with van der Waals surface area (Å²) in [6.45, 7) is 5.40. The Morgan fingerprint density at radius 2 is 1.93 bits per heavy atom. The fourth-order valence-corrected chi connectivity index (χ4v) is 4.86. The minimum atomic E-state index is -0.0634. The van der Waals surface area contributed by atoms with Crippen LogP contribution < -0.4 is 0 Å². The van der Waals surface area contributed by atoms with Gasteiger partial charge < -0.3 is 9.88 Å². The highest BCUT2D eigenvalue weighted by atomic mass is 16.2. The molecule has 1 fully saturated rings. The predicted octanol–water partition coefficient (Wildman–Crippen LogP) is 3.39. The van der Waals surface area contributed by atoms with Crippen molar-refractivity contribution in [2.24, 2.45) is 5.41 Å². The SMILES string of the molecule is CC(C)n1ncc2c1C(=O)CC1(CCN(C(=O)c3nc4ccccc4[nH]3)CC1)C2. The maximum absolute atomic E-state index is 12.9. The Hall–Kier alpha value is -2.96. The average Bonchev–Trinajstić information content (AvgIpc) is 3.32. The number of aromatic nitrogens is 4. The van der Waals surface area contributed by atoms with Crippen LogP contribution in [-0.4, -0.2) is 49.4 Å². The van der Waals surface area contributed by atoms with Crippen molar-refractivity contribution in [2.45, 2.75) is 45.6 Å². The zero-order valence-electron chi connectivity index (χ0n) is 16.8. The molecule has 29 heavy (non-hydrogen) atoms. The van der Waals surface area contributed by atoms with Crippen LogP contribution in [0.1, 0.15) is 65.8 Å². The lowest BCUT2D eigenvalue weighted by Crippen LogP contribution is -2.46. The Balaban J connectivity index is 1.32. The van der Waals surface area contributed by atoms with Crippen LogP contribution in [-0.2, 0) is 6.42 Å². The third-order valence-electron chi connectivity index (χ3n) is 6.43. The second-order valence-electron chi connectivity index (χ2n) is 8.73. The van der Waals surface area contributed by atoms with Crippen LogP contribution in [0.15, 0.2) is 30.5 Å². The molecule has 7 nitrogen and oxygen atoms in total. The average molecular weight is 391 g/mol. The van der Waals surface area contributed by atoms with Gasteiger partial charge in [-0.15, -0.1) is 0 Å². The minimum Gasteiger partial charge on any atom is -0.336 e. The van der Waals surface area contributed by atoms with Gasteiger partial charge in [0, 0.05) is 31.1 Å². The molecule has 1 amide bonds. The van der Waals surface area contributed by atoms with Gasteiger partial charge in [0.15, 0.2) is 11.6 Å². The van der Waals surface area contributed by atoms with Crippen LogP contribution in [0, 0.1) is 5.41 Å². The number of H-pyrrole nitrogens is 1. The lowest BCUT2D eigenvalue weighted by atomic mass is 9.67. The number of rotatable bonds is 2. The van der Waals surface area contributed by atoms with Crippen molar-refractivity contribution in [1.82, 2.24) is 24.6 Å². The third kappa shape index (κ3) is 2.96. The molecule has 1 N–H and O–H groups in total. The predicted molar refractivity (Wildman–Crippen MR) is 109 cm³/mol. The van der Waals surface area contributed by atoms with Crippen LogP contribution in [0.25, 0.3) is 11.0 Å². The number of nitrogens with one attached hydrogen (secondary N) is 1. The number of ketones is 1. The molecule has 7 heteroatoms. The van der Waals surface area contributed by atoms with Gasteiger partial charge in [0.25, 0.3) is 5.91 Å². The van der Waals surface area contributed by atoms with Crippen molar-refractivity contribution in [3.05, 3.63) is 47.5 Å². The van der Waals surface area contributed by atoms with Crippen LogP contribution in [0.4, 0.5) is 0 Å². The quantitative estimate of drug-likeness (QED) is 0.726. The van der Waals surface area contributed by atoms with Crippen LogP contribution in [0.5, 0.6) is 0 Å². The first-order chi connectivity index (χ1) is 14.0. The number of carbonyl (C=O) groups is 2. The maximum Gasteiger partial charge on any atom is 0.289 e. The Labute approximate surface area is 169 Å². The van der Waals surface area contributed by atoms with Gasteiger partial charge in [-0.25, -0.2) is 4.98 Å². The Morgan fingerprint density at radius 1 is 1.17 bits per heavy atom. The number of nitrogens with zero attached hydrogens (tertiary/aromatic N) is 4. The fraction of sp³-hybridized carbons (Fsp3) is 0.455. The van der Waals surface area contributed by atoms with Crippen molar-refractivity contribution in [2.75, 3.05) is 13.1 Å². The number of hydrogen-bond acceptors (Lipinski definition) is 4. The summed E-state index contributed by atoms with van der Waals surface area (Å²) in [5.74, 6) is 0.517. The van der Waals surface area contributed by atoms with Crippen molar-refractivity contribution in [3.8, 4) is 0 Å². The van der Waals surface area contributed by atoms with E-state index in [2.05, 4.69) is 15.1 Å². The number of imidazole rings is 1. The summed E-state index contributed by atoms with van der Waals surface area (Å²) in [4.78, 5) is 35.3. The van der Waals surface area contributed by atoms with Gasteiger partial charge >= 0.3 is 0 Å². The normalized spacial score (nSPS) is 18.6. The Bertz CT molecular complexity index is 1070. The molecule has 1 aromatic carbocycles. The smallest absolute Gasteiger partial charge is 0.289 e. The monoisotopic (exact) mass is 391 g/mol. The summed E-state index contributed by atoms with van der Waals surface area (Å²) in [5.41, 5.74) is 3.46. The highest BCUT2D eigenvalue weighted by molar-refractivity contribution is 5.98. The molecule has 0 atom stereocenters. The molecule has 150 valence electrons. The number of benzene rings is 1. The number of hydrogen-bond donors (Lipinski definition) is 1. The van der Waals surface area contributed by atoms with Gasteiger partial charge in [0.2, 0.25) is 0 Å². The van der Waals surface area contributed by atoms with Crippen molar-refractivity contribution < 1.29 is 9.59 Å². The first-order valence-corrected chi connectivity index (χ1v) is 10.3. The van der Waals surface area contributed by atoms with E-state index in [1.165, 1.54) is 0 Å². The zero-order valence-corrected chi connectivity index (χ0v) is 16.8. The lowest BCUT2D eigenvalue weighted by molar-refractivity contribution is 0.0509. The fourth-order valence-electron chi connectivity index (χ4n) is 4.86. The number of para-hydroxylation sites is 2. The van der Waals surface area contributed by atoms with Gasteiger partial charge in [-0.1, -0.05) is 12.1 Å². The molecule has 1 spiro atoms. The molecular formula is C22H25N5O2. The van der Waals surface area contributed by atoms with Gasteiger partial charge in [-0.3, -0.25) is 14.3 Å². The topological polar surface area (TPSA) is 83.9 Å². The molecule has 1 aliphatic heterocycles. The van der Waals surface area contributed by atoms with E-state index in [1.807, 2.05) is 53.9 Å². The summed E-state index contributed by atoms with van der Waals surface area (Å²) in [6.07, 6.45) is 4.94. The second kappa shape index (κ2) is 6.54. The van der Waals surface area contributed by atoms with Gasteiger partial charge in [0.05, 0.1) is 17.2 Å². The second-order valence-corrected chi connectivity index (χ2v) is 8.73. The van der Waals surface area contributed by atoms with E-state index in [4.69, 9.17) is 0 Å². The summed E-state index contributed by atoms with van der Waals surface area (Å²) in [6, 6.07) is 7.84. The number of likely N-dealkylation sites (tertiary alicyclic amines) is 1. The molecule has 3 heterocycles. The van der Waals surface area contributed by atoms with E-state index in [1.54, 1.807) is 0 Å². The first kappa shape index (κ1) is 18.1. The van der Waals surface area contributed by atoms with Gasteiger partial charge in [-0.2, -0.15) is 5.10 Å². The largest absolute Gasteiger partial charge is 0.336 e. The molecule has 3 aromatic rings. The summed E-state index contributed by atoms with van der Waals surface area (Å²) in [5, 5.41) is 4.45. The molecule has 0 radical (unpaired) electrons. The number of aromatic amines is 1. The number of fused-ring (bicyclic) bond motifs is 2. The molecule has 1 aliphatic carbocycles. The molecule has 2 aromatic heterocycles. The molecule has 2 aliphatic rings. The highest BCUT2D eigenvalue weighted by Gasteiger charge is 2.43. The van der Waals surface area contributed by atoms with E-state index in [0.29, 0.717) is 25.3 Å². The van der Waals surface area contributed by atoms with E-state index in [-0.39, 0.29) is 23.1 Å². The highest BCUT2D eigenvalue weighted by Crippen LogP contribution is 2.44. The van der Waals surface area contributed by atoms with E-state index < -0.39 is 0 Å². The molecule has 1 saturated heterocycles. The summed E-state index contributed by atoms with van der Waals surface area (Å²) < 4.78 is 1.85. The van der Waals surface area contributed by atoms with Crippen LogP contribution >= 0.6 is 0 Å². The summed E-state index contributed by atoms with van der Waals surface area (Å²) in [7, 11) is 0. The van der Waals surface area contributed by atoms with E-state index in [0.717, 1.165) is 41.6 Å². The van der Waals surface area contributed by atoms with Crippen molar-refractivity contribution in [1.29, 1.82) is 0 Å². The van der Waals surface area contributed by atoms with Crippen molar-refractivity contribution in [3.63, 3.8) is 0 Å².